The molecule has 264 valence electrons. The van der Waals surface area contributed by atoms with Crippen molar-refractivity contribution >= 4 is 11.9 Å². The van der Waals surface area contributed by atoms with Crippen LogP contribution in [-0.4, -0.2) is 58.1 Å². The Morgan fingerprint density at radius 3 is 2.24 bits per heavy atom. The number of hydrogen-bond acceptors (Lipinski definition) is 6. The van der Waals surface area contributed by atoms with E-state index in [9.17, 15) is 14.7 Å². The number of methoxy groups -OCH3 is 1. The molecule has 3 aromatic carbocycles. The van der Waals surface area contributed by atoms with Crippen LogP contribution in [0.2, 0.25) is 0 Å². The molecule has 5 rings (SSSR count). The minimum atomic E-state index is -0.836. The second-order valence-electron chi connectivity index (χ2n) is 14.0. The van der Waals surface area contributed by atoms with E-state index < -0.39 is 17.9 Å². The van der Waals surface area contributed by atoms with Crippen LogP contribution in [0.4, 0.5) is 4.39 Å². The fourth-order valence-corrected chi connectivity index (χ4v) is 5.63. The highest BCUT2D eigenvalue weighted by molar-refractivity contribution is 5.93. The minimum absolute atomic E-state index is 0.00991. The predicted octanol–water partition coefficient (Wildman–Crippen LogP) is 8.12. The molecule has 0 bridgehead atoms. The van der Waals surface area contributed by atoms with Gasteiger partial charge in [0.15, 0.2) is 5.82 Å². The van der Waals surface area contributed by atoms with E-state index in [2.05, 4.69) is 42.6 Å². The Labute approximate surface area is 299 Å². The number of aromatic nitrogens is 2. The highest BCUT2D eigenvalue weighted by Crippen LogP contribution is 2.33. The number of allylic oxidation sites excluding steroid dienone is 3. The number of para-hydroxylation sites is 1. The lowest BCUT2D eigenvalue weighted by Gasteiger charge is -2.42. The van der Waals surface area contributed by atoms with Crippen LogP contribution in [0.5, 0.6) is 5.75 Å². The predicted molar refractivity (Wildman–Crippen MR) is 199 cm³/mol. The van der Waals surface area contributed by atoms with Crippen molar-refractivity contribution in [2.75, 3.05) is 20.2 Å². The number of carboxylic acid groups (broad SMARTS) is 1. The van der Waals surface area contributed by atoms with E-state index >= 15 is 4.39 Å². The molecule has 1 amide bonds. The maximum atomic E-state index is 15.3. The van der Waals surface area contributed by atoms with Crippen molar-refractivity contribution in [2.45, 2.75) is 47.1 Å². The zero-order valence-corrected chi connectivity index (χ0v) is 30.0. The van der Waals surface area contributed by atoms with Gasteiger partial charge in [-0.05, 0) is 48.9 Å². The second-order valence-corrected chi connectivity index (χ2v) is 14.0. The van der Waals surface area contributed by atoms with Gasteiger partial charge in [-0.2, -0.15) is 0 Å². The fourth-order valence-electron chi connectivity index (χ4n) is 5.63. The first kappa shape index (κ1) is 36.7. The smallest absolute Gasteiger partial charge is 0.310 e. The van der Waals surface area contributed by atoms with Gasteiger partial charge in [0, 0.05) is 59.0 Å². The Balaban J connectivity index is 1.30. The Kier molecular flexibility index (Phi) is 11.2. The number of carbonyl (C=O) groups is 2. The molecule has 4 aromatic rings. The number of ether oxygens (including phenoxy) is 1. The number of aliphatic carboxylic acids is 1. The first-order chi connectivity index (χ1) is 24.2. The third-order valence-electron chi connectivity index (χ3n) is 9.47. The molecule has 2 heterocycles. The van der Waals surface area contributed by atoms with E-state index in [1.807, 2.05) is 78.6 Å². The Morgan fingerprint density at radius 1 is 0.980 bits per heavy atom. The van der Waals surface area contributed by atoms with Gasteiger partial charge in [-0.15, -0.1) is 0 Å². The quantitative estimate of drug-likeness (QED) is 0.114. The third kappa shape index (κ3) is 8.78. The zero-order chi connectivity index (χ0) is 36.9. The highest BCUT2D eigenvalue weighted by atomic mass is 19.1. The lowest BCUT2D eigenvalue weighted by atomic mass is 9.87. The number of rotatable bonds is 12. The van der Waals surface area contributed by atoms with Crippen LogP contribution in [0, 0.1) is 17.2 Å². The lowest BCUT2D eigenvalue weighted by Crippen LogP contribution is -2.54. The monoisotopic (exact) mass is 688 g/mol. The Bertz CT molecular complexity index is 1970. The fraction of sp³-hybridized carbons (Fsp3) is 0.286. The normalized spacial score (nSPS) is 14.5. The molecule has 0 aliphatic carbocycles. The summed E-state index contributed by atoms with van der Waals surface area (Å²) in [6, 6.07) is 19.8. The summed E-state index contributed by atoms with van der Waals surface area (Å²) < 4.78 is 20.7. The maximum absolute atomic E-state index is 15.3. The lowest BCUT2D eigenvalue weighted by molar-refractivity contribution is -0.146. The summed E-state index contributed by atoms with van der Waals surface area (Å²) in [5.74, 6) is -0.736. The van der Waals surface area contributed by atoms with Crippen molar-refractivity contribution in [3.8, 4) is 39.4 Å². The SMILES string of the molecule is C=C([C@H](Cc1ccc(-c2ncc(-c3ccc(-c4ccccc4OC)cc3F)cn2)cc1)NC(=O)/C(C)=C/C=C(\C)C(C)(C)C)N1CC(C(=O)O)C1. The number of nitrogens with zero attached hydrogens (tertiary/aromatic N) is 3. The Morgan fingerprint density at radius 2 is 1.63 bits per heavy atom. The number of carbonyl (C=O) groups excluding carboxylic acids is 1. The molecule has 8 nitrogen and oxygen atoms in total. The number of amides is 1. The molecule has 0 saturated carbocycles. The van der Waals surface area contributed by atoms with Gasteiger partial charge < -0.3 is 20.1 Å². The molecule has 51 heavy (non-hydrogen) atoms. The molecule has 1 atom stereocenters. The topological polar surface area (TPSA) is 105 Å². The van der Waals surface area contributed by atoms with Crippen LogP contribution < -0.4 is 10.1 Å². The van der Waals surface area contributed by atoms with E-state index in [1.54, 1.807) is 32.5 Å². The third-order valence-corrected chi connectivity index (χ3v) is 9.47. The van der Waals surface area contributed by atoms with Crippen molar-refractivity contribution in [1.29, 1.82) is 0 Å². The molecular weight excluding hydrogens is 643 g/mol. The molecule has 0 spiro atoms. The van der Waals surface area contributed by atoms with Gasteiger partial charge in [0.25, 0.3) is 0 Å². The van der Waals surface area contributed by atoms with Crippen LogP contribution in [0.1, 0.15) is 40.2 Å². The summed E-state index contributed by atoms with van der Waals surface area (Å²) in [5, 5.41) is 12.5. The van der Waals surface area contributed by atoms with Crippen LogP contribution in [0.15, 0.2) is 115 Å². The number of likely N-dealkylation sites (tertiary alicyclic amines) is 1. The Hall–Kier alpha value is -5.57. The van der Waals surface area contributed by atoms with Gasteiger partial charge >= 0.3 is 5.97 Å². The van der Waals surface area contributed by atoms with E-state index in [1.165, 1.54) is 6.07 Å². The molecular formula is C42H45FN4O4. The van der Waals surface area contributed by atoms with Crippen molar-refractivity contribution in [1.82, 2.24) is 20.2 Å². The number of carboxylic acids is 1. The van der Waals surface area contributed by atoms with E-state index in [4.69, 9.17) is 4.74 Å². The molecule has 0 radical (unpaired) electrons. The first-order valence-electron chi connectivity index (χ1n) is 16.9. The van der Waals surface area contributed by atoms with E-state index in [-0.39, 0.29) is 17.1 Å². The number of nitrogens with one attached hydrogen (secondary N) is 1. The van der Waals surface area contributed by atoms with Gasteiger partial charge in [-0.1, -0.05) is 99.7 Å². The molecule has 0 unspecified atom stereocenters. The number of benzene rings is 3. The van der Waals surface area contributed by atoms with Gasteiger partial charge in [0.05, 0.1) is 19.1 Å². The molecule has 2 N–H and O–H groups in total. The largest absolute Gasteiger partial charge is 0.496 e. The molecule has 1 aromatic heterocycles. The van der Waals surface area contributed by atoms with Gasteiger partial charge in [-0.3, -0.25) is 9.59 Å². The van der Waals surface area contributed by atoms with Gasteiger partial charge in [-0.25, -0.2) is 14.4 Å². The van der Waals surface area contributed by atoms with Crippen LogP contribution in [0.25, 0.3) is 33.6 Å². The summed E-state index contributed by atoms with van der Waals surface area (Å²) in [6.45, 7) is 15.1. The number of halogens is 1. The zero-order valence-electron chi connectivity index (χ0n) is 30.0. The summed E-state index contributed by atoms with van der Waals surface area (Å²) >= 11 is 0. The van der Waals surface area contributed by atoms with E-state index in [0.29, 0.717) is 59.0 Å². The second kappa shape index (κ2) is 15.5. The van der Waals surface area contributed by atoms with Crippen molar-refractivity contribution in [2.24, 2.45) is 11.3 Å². The van der Waals surface area contributed by atoms with Crippen molar-refractivity contribution < 1.29 is 23.8 Å². The van der Waals surface area contributed by atoms with Crippen LogP contribution in [-0.2, 0) is 16.0 Å². The summed E-state index contributed by atoms with van der Waals surface area (Å²) in [6.07, 6.45) is 7.46. The summed E-state index contributed by atoms with van der Waals surface area (Å²) in [5.41, 5.74) is 6.56. The van der Waals surface area contributed by atoms with Crippen LogP contribution >= 0.6 is 0 Å². The minimum Gasteiger partial charge on any atom is -0.496 e. The number of hydrogen-bond donors (Lipinski definition) is 2. The highest BCUT2D eigenvalue weighted by Gasteiger charge is 2.35. The van der Waals surface area contributed by atoms with Crippen molar-refractivity contribution in [3.05, 3.63) is 126 Å². The first-order valence-corrected chi connectivity index (χ1v) is 16.9. The van der Waals surface area contributed by atoms with Crippen molar-refractivity contribution in [3.63, 3.8) is 0 Å². The average molecular weight is 689 g/mol. The van der Waals surface area contributed by atoms with E-state index in [0.717, 1.165) is 22.3 Å². The maximum Gasteiger partial charge on any atom is 0.310 e. The molecule has 1 aliphatic rings. The van der Waals surface area contributed by atoms with Gasteiger partial charge in [0.1, 0.15) is 11.6 Å². The summed E-state index contributed by atoms with van der Waals surface area (Å²) in [4.78, 5) is 35.7. The molecule has 1 aliphatic heterocycles. The van der Waals surface area contributed by atoms with Gasteiger partial charge in [0.2, 0.25) is 5.91 Å². The summed E-state index contributed by atoms with van der Waals surface area (Å²) in [7, 11) is 1.59. The van der Waals surface area contributed by atoms with Crippen LogP contribution in [0.3, 0.4) is 0 Å². The molecule has 9 heteroatoms. The standard InChI is InChI=1S/C42H45FN4O4/c1-26(12-13-27(2)42(4,5)6)40(48)46-37(28(3)47-24-33(25-47)41(49)50)20-29-14-16-30(17-15-29)39-44-22-32(23-45-39)34-19-18-31(21-36(34)43)35-10-8-9-11-38(35)51-7/h8-19,21-23,33,37H,3,20,24-25H2,1-2,4-7H3,(H,46,48)(H,49,50)/b26-12+,27-13+/t37-/m0/s1. The average Bonchev–Trinajstić information content (AvgIpc) is 3.09. The molecule has 1 fully saturated rings. The molecule has 1 saturated heterocycles.